The van der Waals surface area contributed by atoms with Gasteiger partial charge in [-0.2, -0.15) is 5.26 Å². The minimum absolute atomic E-state index is 0.123. The molecule has 0 fully saturated rings. The van der Waals surface area contributed by atoms with Crippen molar-refractivity contribution in [1.82, 2.24) is 4.98 Å². The number of rotatable bonds is 3. The molecule has 0 spiro atoms. The molecule has 1 aromatic heterocycles. The Morgan fingerprint density at radius 1 is 1.24 bits per heavy atom. The number of benzene rings is 1. The van der Waals surface area contributed by atoms with Gasteiger partial charge in [-0.05, 0) is 81.8 Å². The first-order valence-electron chi connectivity index (χ1n) is 8.87. The molecule has 0 radical (unpaired) electrons. The molecule has 1 aromatic carbocycles. The van der Waals surface area contributed by atoms with Crippen molar-refractivity contribution < 1.29 is 14.6 Å². The number of pyridine rings is 1. The SMILES string of the molecule is CC(C)(C)c1cc(N(C(=O)O)C(C)(C)C)c(C#N)c(Oc2cccnc2Br)c1Br. The van der Waals surface area contributed by atoms with E-state index in [2.05, 4.69) is 42.9 Å². The lowest BCUT2D eigenvalue weighted by Crippen LogP contribution is -2.45. The summed E-state index contributed by atoms with van der Waals surface area (Å²) in [5.41, 5.74) is 0.103. The highest BCUT2D eigenvalue weighted by Gasteiger charge is 2.34. The number of carbonyl (C=O) groups is 1. The smallest absolute Gasteiger partial charge is 0.412 e. The number of hydrogen-bond donors (Lipinski definition) is 1. The Morgan fingerprint density at radius 2 is 1.86 bits per heavy atom. The van der Waals surface area contributed by atoms with E-state index in [0.29, 0.717) is 14.8 Å². The number of anilines is 1. The van der Waals surface area contributed by atoms with Crippen molar-refractivity contribution in [2.24, 2.45) is 0 Å². The number of amides is 1. The lowest BCUT2D eigenvalue weighted by molar-refractivity contribution is 0.195. The van der Waals surface area contributed by atoms with Crippen LogP contribution in [0.2, 0.25) is 0 Å². The van der Waals surface area contributed by atoms with E-state index in [1.165, 1.54) is 4.90 Å². The third-order valence-corrected chi connectivity index (χ3v) is 5.54. The highest BCUT2D eigenvalue weighted by Crippen LogP contribution is 2.46. The second-order valence-corrected chi connectivity index (χ2v) is 10.1. The summed E-state index contributed by atoms with van der Waals surface area (Å²) in [6.07, 6.45) is 0.463. The Bertz CT molecular complexity index is 986. The largest absolute Gasteiger partial charge is 0.465 e. The van der Waals surface area contributed by atoms with Crippen molar-refractivity contribution in [3.05, 3.63) is 44.6 Å². The van der Waals surface area contributed by atoms with E-state index < -0.39 is 11.6 Å². The van der Waals surface area contributed by atoms with Gasteiger partial charge < -0.3 is 9.84 Å². The lowest BCUT2D eigenvalue weighted by Gasteiger charge is -2.35. The summed E-state index contributed by atoms with van der Waals surface area (Å²) in [5.74, 6) is 0.665. The molecule has 1 heterocycles. The molecule has 0 aliphatic carbocycles. The molecular formula is C21H23Br2N3O3. The highest BCUT2D eigenvalue weighted by atomic mass is 79.9. The van der Waals surface area contributed by atoms with Gasteiger partial charge in [0.05, 0.1) is 10.2 Å². The van der Waals surface area contributed by atoms with Crippen LogP contribution >= 0.6 is 31.9 Å². The number of halogens is 2. The molecule has 0 saturated heterocycles. The van der Waals surface area contributed by atoms with Crippen LogP contribution in [0.4, 0.5) is 10.5 Å². The van der Waals surface area contributed by atoms with Crippen molar-refractivity contribution in [1.29, 1.82) is 5.26 Å². The number of aromatic nitrogens is 1. The average molecular weight is 525 g/mol. The topological polar surface area (TPSA) is 86.5 Å². The quantitative estimate of drug-likeness (QED) is 0.443. The maximum atomic E-state index is 12.1. The summed E-state index contributed by atoms with van der Waals surface area (Å²) < 4.78 is 7.16. The molecule has 154 valence electrons. The summed E-state index contributed by atoms with van der Waals surface area (Å²) in [6.45, 7) is 11.4. The maximum absolute atomic E-state index is 12.1. The van der Waals surface area contributed by atoms with Gasteiger partial charge in [-0.3, -0.25) is 4.90 Å². The molecule has 2 rings (SSSR count). The molecule has 8 heteroatoms. The first-order chi connectivity index (χ1) is 13.3. The van der Waals surface area contributed by atoms with Crippen molar-refractivity contribution >= 4 is 43.6 Å². The van der Waals surface area contributed by atoms with Crippen LogP contribution < -0.4 is 9.64 Å². The average Bonchev–Trinajstić information content (AvgIpc) is 2.56. The number of ether oxygens (including phenoxy) is 1. The van der Waals surface area contributed by atoms with Gasteiger partial charge in [0.25, 0.3) is 0 Å². The summed E-state index contributed by atoms with van der Waals surface area (Å²) in [4.78, 5) is 17.5. The molecular weight excluding hydrogens is 502 g/mol. The zero-order valence-corrected chi connectivity index (χ0v) is 20.3. The number of carboxylic acid groups (broad SMARTS) is 1. The van der Waals surface area contributed by atoms with Crippen molar-refractivity contribution in [2.45, 2.75) is 52.5 Å². The molecule has 1 amide bonds. The summed E-state index contributed by atoms with van der Waals surface area (Å²) >= 11 is 6.93. The monoisotopic (exact) mass is 523 g/mol. The van der Waals surface area contributed by atoms with Gasteiger partial charge in [-0.1, -0.05) is 20.8 Å². The fraction of sp³-hybridized carbons (Fsp3) is 0.381. The van der Waals surface area contributed by atoms with E-state index in [1.54, 1.807) is 45.2 Å². The van der Waals surface area contributed by atoms with E-state index >= 15 is 0 Å². The van der Waals surface area contributed by atoms with Crippen molar-refractivity contribution in [3.63, 3.8) is 0 Å². The maximum Gasteiger partial charge on any atom is 0.412 e. The number of nitrogens with zero attached hydrogens (tertiary/aromatic N) is 3. The Labute approximate surface area is 187 Å². The van der Waals surface area contributed by atoms with Gasteiger partial charge in [-0.25, -0.2) is 9.78 Å². The van der Waals surface area contributed by atoms with Crippen LogP contribution in [-0.4, -0.2) is 21.7 Å². The molecule has 0 unspecified atom stereocenters. The van der Waals surface area contributed by atoms with Crippen LogP contribution in [0.25, 0.3) is 0 Å². The van der Waals surface area contributed by atoms with E-state index in [0.717, 1.165) is 5.56 Å². The lowest BCUT2D eigenvalue weighted by atomic mass is 9.85. The second kappa shape index (κ2) is 8.33. The fourth-order valence-corrected chi connectivity index (χ4v) is 4.18. The fourth-order valence-electron chi connectivity index (χ4n) is 2.86. The summed E-state index contributed by atoms with van der Waals surface area (Å²) in [7, 11) is 0. The first-order valence-corrected chi connectivity index (χ1v) is 10.5. The summed E-state index contributed by atoms with van der Waals surface area (Å²) in [6, 6.07) is 7.31. The van der Waals surface area contributed by atoms with E-state index in [9.17, 15) is 15.2 Å². The third kappa shape index (κ3) is 4.90. The Hall–Kier alpha value is -2.11. The van der Waals surface area contributed by atoms with Gasteiger partial charge in [0.1, 0.15) is 16.2 Å². The summed E-state index contributed by atoms with van der Waals surface area (Å²) in [5, 5.41) is 19.9. The van der Waals surface area contributed by atoms with Crippen LogP contribution in [0, 0.1) is 11.3 Å². The molecule has 0 bridgehead atoms. The molecule has 0 atom stereocenters. The van der Waals surface area contributed by atoms with Gasteiger partial charge in [0, 0.05) is 11.7 Å². The Kier molecular flexibility index (Phi) is 6.65. The predicted octanol–water partition coefficient (Wildman–Crippen LogP) is 6.85. The van der Waals surface area contributed by atoms with Gasteiger partial charge >= 0.3 is 6.09 Å². The molecule has 0 saturated carbocycles. The van der Waals surface area contributed by atoms with Gasteiger partial charge in [0.2, 0.25) is 0 Å². The zero-order chi connectivity index (χ0) is 22.1. The van der Waals surface area contributed by atoms with Crippen LogP contribution in [0.3, 0.4) is 0 Å². The van der Waals surface area contributed by atoms with Crippen molar-refractivity contribution in [2.75, 3.05) is 4.90 Å². The number of hydrogen-bond acceptors (Lipinski definition) is 4. The first kappa shape index (κ1) is 23.2. The standard InChI is InChI=1S/C21H23Br2N3O3/c1-20(2,3)13-10-14(26(19(27)28)21(4,5)6)12(11-24)17(16(13)22)29-15-8-7-9-25-18(15)23/h7-10H,1-6H3,(H,27,28). The molecule has 6 nitrogen and oxygen atoms in total. The van der Waals surface area contributed by atoms with Crippen LogP contribution in [-0.2, 0) is 5.41 Å². The molecule has 1 N–H and O–H groups in total. The Morgan fingerprint density at radius 3 is 2.31 bits per heavy atom. The van der Waals surface area contributed by atoms with Crippen LogP contribution in [0.1, 0.15) is 52.7 Å². The Balaban J connectivity index is 2.90. The van der Waals surface area contributed by atoms with Crippen molar-refractivity contribution in [3.8, 4) is 17.6 Å². The van der Waals surface area contributed by atoms with E-state index in [-0.39, 0.29) is 22.4 Å². The number of nitriles is 1. The van der Waals surface area contributed by atoms with Gasteiger partial charge in [0.15, 0.2) is 11.5 Å². The van der Waals surface area contributed by atoms with E-state index in [1.807, 2.05) is 20.8 Å². The highest BCUT2D eigenvalue weighted by molar-refractivity contribution is 9.10. The molecule has 29 heavy (non-hydrogen) atoms. The zero-order valence-electron chi connectivity index (χ0n) is 17.2. The minimum atomic E-state index is -1.15. The third-order valence-electron chi connectivity index (χ3n) is 4.16. The van der Waals surface area contributed by atoms with Gasteiger partial charge in [-0.15, -0.1) is 0 Å². The minimum Gasteiger partial charge on any atom is -0.465 e. The molecule has 0 aliphatic rings. The van der Waals surface area contributed by atoms with E-state index in [4.69, 9.17) is 4.74 Å². The van der Waals surface area contributed by atoms with Crippen LogP contribution in [0.15, 0.2) is 33.5 Å². The normalized spacial score (nSPS) is 11.7. The predicted molar refractivity (Wildman–Crippen MR) is 120 cm³/mol. The van der Waals surface area contributed by atoms with Crippen LogP contribution in [0.5, 0.6) is 11.5 Å². The second-order valence-electron chi connectivity index (χ2n) is 8.51. The molecule has 2 aromatic rings. The molecule has 0 aliphatic heterocycles.